The standard InChI is InChI=1S/C35H54N9O5P/c1-21-17-25(45)18-22(2)26(21)20-30(44-32(47)27(36)11-8-15-39-35(38)41-24-13-14-24)34(49)42-28(12-6-7-16-40-50)33(48)43-29(31(37)46)19-23-9-4-3-5-10-23/h3-5,9-10,17-18,24,27-30,40,45H,6-8,11-16,19-20,36,50H2,1-2H3,(H2,37,46)(H,42,49)(H,43,48)(H,44,47)(H3,38,39,41). The van der Waals surface area contributed by atoms with Crippen LogP contribution in [0, 0.1) is 13.8 Å². The average molecular weight is 712 g/mol. The van der Waals surface area contributed by atoms with E-state index in [1.165, 1.54) is 0 Å². The third kappa shape index (κ3) is 13.9. The van der Waals surface area contributed by atoms with Crippen LogP contribution in [-0.4, -0.2) is 78.0 Å². The van der Waals surface area contributed by atoms with Gasteiger partial charge in [0.1, 0.15) is 23.9 Å². The molecule has 0 heterocycles. The summed E-state index contributed by atoms with van der Waals surface area (Å²) in [4.78, 5) is 57.6. The van der Waals surface area contributed by atoms with E-state index in [-0.39, 0.29) is 25.0 Å². The highest BCUT2D eigenvalue weighted by atomic mass is 31.0. The molecule has 12 N–H and O–H groups in total. The fraction of sp³-hybridized carbons (Fsp3) is 0.514. The Labute approximate surface area is 296 Å². The molecule has 1 aliphatic carbocycles. The van der Waals surface area contributed by atoms with Gasteiger partial charge in [0, 0.05) is 25.4 Å². The molecule has 1 aliphatic rings. The minimum absolute atomic E-state index is 0.0825. The lowest BCUT2D eigenvalue weighted by Gasteiger charge is -2.26. The molecule has 0 aliphatic heterocycles. The quantitative estimate of drug-likeness (QED) is 0.0378. The number of nitrogens with two attached hydrogens (primary N) is 3. The van der Waals surface area contributed by atoms with Crippen LogP contribution in [0.4, 0.5) is 0 Å². The van der Waals surface area contributed by atoms with Gasteiger partial charge in [-0.2, -0.15) is 0 Å². The molecule has 50 heavy (non-hydrogen) atoms. The van der Waals surface area contributed by atoms with Crippen molar-refractivity contribution >= 4 is 39.0 Å². The van der Waals surface area contributed by atoms with Gasteiger partial charge in [0.05, 0.1) is 6.04 Å². The number of rotatable bonds is 21. The van der Waals surface area contributed by atoms with Crippen LogP contribution in [0.3, 0.4) is 0 Å². The first-order valence-electron chi connectivity index (χ1n) is 17.2. The lowest BCUT2D eigenvalue weighted by Crippen LogP contribution is -2.58. The summed E-state index contributed by atoms with van der Waals surface area (Å²) in [6.07, 6.45) is 4.81. The molecule has 2 aromatic rings. The number of carbonyl (C=O) groups is 4. The second-order valence-electron chi connectivity index (χ2n) is 12.9. The van der Waals surface area contributed by atoms with E-state index in [2.05, 4.69) is 40.7 Å². The second-order valence-corrected chi connectivity index (χ2v) is 13.3. The molecule has 274 valence electrons. The number of hydrogen-bond acceptors (Lipinski definition) is 8. The summed E-state index contributed by atoms with van der Waals surface area (Å²) in [6, 6.07) is 8.66. The van der Waals surface area contributed by atoms with Gasteiger partial charge in [-0.05, 0) is 99.7 Å². The summed E-state index contributed by atoms with van der Waals surface area (Å²) in [5, 5.41) is 24.6. The lowest BCUT2D eigenvalue weighted by atomic mass is 9.95. The highest BCUT2D eigenvalue weighted by Gasteiger charge is 2.31. The molecule has 1 saturated carbocycles. The van der Waals surface area contributed by atoms with E-state index in [9.17, 15) is 24.3 Å². The molecule has 5 atom stereocenters. The number of aliphatic imine (C=N–C) groups is 1. The number of hydrogen-bond donors (Lipinski definition) is 9. The van der Waals surface area contributed by atoms with Crippen molar-refractivity contribution in [2.75, 3.05) is 13.1 Å². The SMILES string of the molecule is Cc1cc(O)cc(C)c1CC(NC(=O)C(N)CCCN=C(N)NC1CC1)C(=O)NC(CCCCNP)C(=O)NC(Cc1ccccc1)C(N)=O. The van der Waals surface area contributed by atoms with Crippen molar-refractivity contribution in [2.45, 2.75) is 102 Å². The largest absolute Gasteiger partial charge is 0.508 e. The molecule has 0 spiro atoms. The van der Waals surface area contributed by atoms with Crippen molar-refractivity contribution in [3.63, 3.8) is 0 Å². The van der Waals surface area contributed by atoms with Crippen molar-refractivity contribution in [2.24, 2.45) is 22.2 Å². The average Bonchev–Trinajstić information content (AvgIpc) is 3.89. The Morgan fingerprint density at radius 3 is 2.10 bits per heavy atom. The molecule has 14 nitrogen and oxygen atoms in total. The summed E-state index contributed by atoms with van der Waals surface area (Å²) in [7, 11) is 2.42. The molecule has 15 heteroatoms. The fourth-order valence-electron chi connectivity index (χ4n) is 5.57. The molecule has 0 radical (unpaired) electrons. The van der Waals surface area contributed by atoms with E-state index in [1.54, 1.807) is 12.1 Å². The molecule has 5 unspecified atom stereocenters. The van der Waals surface area contributed by atoms with E-state index in [4.69, 9.17) is 17.2 Å². The minimum atomic E-state index is -1.10. The van der Waals surface area contributed by atoms with E-state index < -0.39 is 47.8 Å². The molecule has 1 fully saturated rings. The zero-order chi connectivity index (χ0) is 36.6. The Morgan fingerprint density at radius 2 is 1.48 bits per heavy atom. The van der Waals surface area contributed by atoms with E-state index in [0.29, 0.717) is 44.4 Å². The van der Waals surface area contributed by atoms with Crippen LogP contribution in [-0.2, 0) is 32.0 Å². The van der Waals surface area contributed by atoms with Crippen LogP contribution in [0.1, 0.15) is 67.2 Å². The molecule has 0 aromatic heterocycles. The van der Waals surface area contributed by atoms with Gasteiger partial charge in [-0.25, -0.2) is 0 Å². The zero-order valence-electron chi connectivity index (χ0n) is 29.0. The molecule has 2 aromatic carbocycles. The number of phenolic OH excluding ortho intramolecular Hbond substituents is 1. The number of aromatic hydroxyl groups is 1. The monoisotopic (exact) mass is 711 g/mol. The number of phenols is 1. The molecule has 0 bridgehead atoms. The van der Waals surface area contributed by atoms with Gasteiger partial charge < -0.3 is 48.7 Å². The van der Waals surface area contributed by atoms with Gasteiger partial charge in [0.25, 0.3) is 0 Å². The second kappa shape index (κ2) is 20.4. The van der Waals surface area contributed by atoms with Crippen LogP contribution in [0.15, 0.2) is 47.5 Å². The van der Waals surface area contributed by atoms with E-state index in [1.807, 2.05) is 44.2 Å². The summed E-state index contributed by atoms with van der Waals surface area (Å²) < 4.78 is 0. The van der Waals surface area contributed by atoms with Crippen LogP contribution in [0.25, 0.3) is 0 Å². The number of nitrogens with zero attached hydrogens (tertiary/aromatic N) is 1. The number of carbonyl (C=O) groups excluding carboxylic acids is 4. The molecule has 3 rings (SSSR count). The summed E-state index contributed by atoms with van der Waals surface area (Å²) in [5.74, 6) is -1.94. The lowest BCUT2D eigenvalue weighted by molar-refractivity contribution is -0.133. The predicted molar refractivity (Wildman–Crippen MR) is 198 cm³/mol. The van der Waals surface area contributed by atoms with E-state index in [0.717, 1.165) is 41.5 Å². The Balaban J connectivity index is 1.77. The first kappa shape index (κ1) is 40.2. The van der Waals surface area contributed by atoms with E-state index >= 15 is 0 Å². The maximum Gasteiger partial charge on any atom is 0.243 e. The number of unbranched alkanes of at least 4 members (excludes halogenated alkanes) is 1. The van der Waals surface area contributed by atoms with Crippen molar-refractivity contribution < 1.29 is 24.3 Å². The van der Waals surface area contributed by atoms with Gasteiger partial charge >= 0.3 is 0 Å². The Morgan fingerprint density at radius 1 is 0.860 bits per heavy atom. The van der Waals surface area contributed by atoms with Crippen molar-refractivity contribution in [1.29, 1.82) is 0 Å². The third-order valence-corrected chi connectivity index (χ3v) is 8.87. The van der Waals surface area contributed by atoms with Gasteiger partial charge in [0.2, 0.25) is 23.6 Å². The normalized spacial score (nSPS) is 15.3. The van der Waals surface area contributed by atoms with Gasteiger partial charge in [-0.15, -0.1) is 0 Å². The summed E-state index contributed by atoms with van der Waals surface area (Å²) in [5.41, 5.74) is 20.8. The van der Waals surface area contributed by atoms with Gasteiger partial charge in [0.15, 0.2) is 5.96 Å². The van der Waals surface area contributed by atoms with Crippen molar-refractivity contribution in [3.8, 4) is 5.75 Å². The number of guanidine groups is 1. The van der Waals surface area contributed by atoms with Gasteiger partial charge in [-0.1, -0.05) is 39.7 Å². The maximum absolute atomic E-state index is 14.0. The minimum Gasteiger partial charge on any atom is -0.508 e. The zero-order valence-corrected chi connectivity index (χ0v) is 30.2. The molecular weight excluding hydrogens is 657 g/mol. The molecule has 0 saturated heterocycles. The molecule has 4 amide bonds. The fourth-order valence-corrected chi connectivity index (χ4v) is 5.77. The van der Waals surface area contributed by atoms with Crippen LogP contribution >= 0.6 is 9.39 Å². The first-order valence-corrected chi connectivity index (χ1v) is 17.7. The summed E-state index contributed by atoms with van der Waals surface area (Å²) >= 11 is 0. The van der Waals surface area contributed by atoms with Crippen LogP contribution in [0.5, 0.6) is 5.75 Å². The molecular formula is C35H54N9O5P. The van der Waals surface area contributed by atoms with Crippen LogP contribution in [0.2, 0.25) is 0 Å². The Bertz CT molecular complexity index is 1450. The summed E-state index contributed by atoms with van der Waals surface area (Å²) in [6.45, 7) is 4.68. The Hall–Kier alpha value is -4.26. The van der Waals surface area contributed by atoms with Crippen molar-refractivity contribution in [3.05, 3.63) is 64.7 Å². The number of aryl methyl sites for hydroxylation is 2. The van der Waals surface area contributed by atoms with Crippen LogP contribution < -0.4 is 43.6 Å². The highest BCUT2D eigenvalue weighted by Crippen LogP contribution is 2.22. The van der Waals surface area contributed by atoms with Gasteiger partial charge in [-0.3, -0.25) is 24.2 Å². The number of primary amides is 1. The predicted octanol–water partition coefficient (Wildman–Crippen LogP) is 0.458. The number of amides is 4. The third-order valence-electron chi connectivity index (χ3n) is 8.58. The maximum atomic E-state index is 14.0. The topological polar surface area (TPSA) is 239 Å². The first-order chi connectivity index (χ1) is 23.9. The Kier molecular flexibility index (Phi) is 16.4. The number of benzene rings is 2. The highest BCUT2D eigenvalue weighted by molar-refractivity contribution is 7.13. The smallest absolute Gasteiger partial charge is 0.243 e. The van der Waals surface area contributed by atoms with Crippen molar-refractivity contribution in [1.82, 2.24) is 26.4 Å². The number of nitrogens with one attached hydrogen (secondary N) is 5.